The highest BCUT2D eigenvalue weighted by molar-refractivity contribution is 5.91. The van der Waals surface area contributed by atoms with Crippen LogP contribution in [-0.2, 0) is 4.79 Å². The van der Waals surface area contributed by atoms with Gasteiger partial charge in [0, 0.05) is 47.9 Å². The van der Waals surface area contributed by atoms with E-state index in [-0.39, 0.29) is 11.8 Å². The molecule has 0 aliphatic carbocycles. The van der Waals surface area contributed by atoms with E-state index in [0.717, 1.165) is 53.5 Å². The molecule has 0 bridgehead atoms. The van der Waals surface area contributed by atoms with Crippen LogP contribution in [0, 0.1) is 13.8 Å². The van der Waals surface area contributed by atoms with E-state index in [1.54, 1.807) is 6.08 Å². The van der Waals surface area contributed by atoms with Crippen molar-refractivity contribution in [1.82, 2.24) is 14.9 Å². The quantitative estimate of drug-likeness (QED) is 0.581. The van der Waals surface area contributed by atoms with Gasteiger partial charge in [0.1, 0.15) is 5.82 Å². The molecule has 1 atom stereocenters. The van der Waals surface area contributed by atoms with Crippen molar-refractivity contribution in [3.63, 3.8) is 0 Å². The minimum Gasteiger partial charge on any atom is -0.340 e. The van der Waals surface area contributed by atoms with E-state index in [1.165, 1.54) is 0 Å². The highest BCUT2D eigenvalue weighted by Gasteiger charge is 2.25. The fraction of sp³-hybridized carbons (Fsp3) is 0.269. The van der Waals surface area contributed by atoms with Crippen LogP contribution in [0.3, 0.4) is 0 Å². The van der Waals surface area contributed by atoms with E-state index in [2.05, 4.69) is 16.4 Å². The maximum atomic E-state index is 12.8. The lowest BCUT2D eigenvalue weighted by atomic mass is 9.93. The van der Waals surface area contributed by atoms with Crippen molar-refractivity contribution in [2.24, 2.45) is 0 Å². The zero-order valence-corrected chi connectivity index (χ0v) is 18.1. The predicted molar refractivity (Wildman–Crippen MR) is 125 cm³/mol. The summed E-state index contributed by atoms with van der Waals surface area (Å²) in [5.41, 5.74) is 4.97. The summed E-state index contributed by atoms with van der Waals surface area (Å²) < 4.78 is 0. The fourth-order valence-electron chi connectivity index (χ4n) is 3.99. The van der Waals surface area contributed by atoms with Gasteiger partial charge in [-0.3, -0.25) is 9.78 Å². The zero-order chi connectivity index (χ0) is 21.6. The Bertz CT molecular complexity index is 1080. The number of carbonyl (C=O) groups is 1. The van der Waals surface area contributed by atoms with Crippen molar-refractivity contribution in [3.8, 4) is 0 Å². The number of pyridine rings is 2. The van der Waals surface area contributed by atoms with Crippen molar-refractivity contribution in [1.29, 1.82) is 0 Å². The molecule has 31 heavy (non-hydrogen) atoms. The molecule has 1 unspecified atom stereocenters. The number of nitrogens with zero attached hydrogens (tertiary/aromatic N) is 3. The van der Waals surface area contributed by atoms with Gasteiger partial charge in [0.15, 0.2) is 0 Å². The molecule has 4 rings (SSSR count). The first-order valence-corrected chi connectivity index (χ1v) is 10.8. The minimum atomic E-state index is 0.0588. The molecule has 1 saturated heterocycles. The first-order valence-electron chi connectivity index (χ1n) is 10.8. The smallest absolute Gasteiger partial charge is 0.246 e. The van der Waals surface area contributed by atoms with Crippen LogP contribution in [0.25, 0.3) is 6.08 Å². The summed E-state index contributed by atoms with van der Waals surface area (Å²) in [7, 11) is 0. The highest BCUT2D eigenvalue weighted by Crippen LogP contribution is 2.29. The van der Waals surface area contributed by atoms with Crippen LogP contribution in [0.1, 0.15) is 41.4 Å². The summed E-state index contributed by atoms with van der Waals surface area (Å²) >= 11 is 0. The molecule has 1 amide bonds. The summed E-state index contributed by atoms with van der Waals surface area (Å²) in [6.45, 7) is 5.47. The number of piperidine rings is 1. The summed E-state index contributed by atoms with van der Waals surface area (Å²) in [5, 5.41) is 3.39. The molecule has 158 valence electrons. The van der Waals surface area contributed by atoms with Crippen molar-refractivity contribution >= 4 is 23.5 Å². The molecule has 1 aliphatic heterocycles. The minimum absolute atomic E-state index is 0.0588. The van der Waals surface area contributed by atoms with Crippen molar-refractivity contribution < 1.29 is 4.79 Å². The molecule has 2 aromatic heterocycles. The number of aromatic nitrogens is 2. The van der Waals surface area contributed by atoms with Crippen LogP contribution in [0.5, 0.6) is 0 Å². The van der Waals surface area contributed by atoms with Gasteiger partial charge in [-0.15, -0.1) is 0 Å². The molecule has 5 nitrogen and oxygen atoms in total. The molecule has 1 aliphatic rings. The molecule has 0 spiro atoms. The first kappa shape index (κ1) is 20.8. The Morgan fingerprint density at radius 1 is 1.03 bits per heavy atom. The lowest BCUT2D eigenvalue weighted by molar-refractivity contribution is -0.127. The Morgan fingerprint density at radius 2 is 1.87 bits per heavy atom. The topological polar surface area (TPSA) is 58.1 Å². The van der Waals surface area contributed by atoms with Crippen LogP contribution in [0.2, 0.25) is 0 Å². The van der Waals surface area contributed by atoms with Crippen molar-refractivity contribution in [3.05, 3.63) is 89.4 Å². The number of rotatable bonds is 5. The van der Waals surface area contributed by atoms with E-state index >= 15 is 0 Å². The second-order valence-corrected chi connectivity index (χ2v) is 8.08. The number of anilines is 2. The lowest BCUT2D eigenvalue weighted by Gasteiger charge is -2.32. The molecule has 3 aromatic rings. The number of nitrogens with one attached hydrogen (secondary N) is 1. The third kappa shape index (κ3) is 5.57. The number of aryl methyl sites for hydroxylation is 2. The summed E-state index contributed by atoms with van der Waals surface area (Å²) in [6.07, 6.45) is 5.57. The number of benzene rings is 1. The lowest BCUT2D eigenvalue weighted by Crippen LogP contribution is -2.38. The summed E-state index contributed by atoms with van der Waals surface area (Å²) in [5.74, 6) is 1.11. The molecule has 1 N–H and O–H groups in total. The molecule has 5 heteroatoms. The average molecular weight is 413 g/mol. The monoisotopic (exact) mass is 412 g/mol. The molecular formula is C26H28N4O. The Morgan fingerprint density at radius 3 is 2.68 bits per heavy atom. The van der Waals surface area contributed by atoms with Gasteiger partial charge in [-0.25, -0.2) is 4.98 Å². The van der Waals surface area contributed by atoms with E-state index in [0.29, 0.717) is 6.54 Å². The zero-order valence-electron chi connectivity index (χ0n) is 18.1. The number of hydrogen-bond acceptors (Lipinski definition) is 4. The van der Waals surface area contributed by atoms with Crippen LogP contribution in [-0.4, -0.2) is 33.9 Å². The van der Waals surface area contributed by atoms with Crippen molar-refractivity contribution in [2.75, 3.05) is 18.4 Å². The summed E-state index contributed by atoms with van der Waals surface area (Å²) in [4.78, 5) is 24.0. The van der Waals surface area contributed by atoms with E-state index in [9.17, 15) is 4.79 Å². The molecule has 0 radical (unpaired) electrons. The maximum absolute atomic E-state index is 12.8. The number of likely N-dealkylation sites (tertiary alicyclic amines) is 1. The molecule has 1 fully saturated rings. The van der Waals surface area contributed by atoms with Crippen LogP contribution >= 0.6 is 0 Å². The van der Waals surface area contributed by atoms with Crippen LogP contribution < -0.4 is 5.32 Å². The van der Waals surface area contributed by atoms with Gasteiger partial charge in [0.25, 0.3) is 0 Å². The fourth-order valence-corrected chi connectivity index (χ4v) is 3.99. The first-order chi connectivity index (χ1) is 15.1. The van der Waals surface area contributed by atoms with Gasteiger partial charge in [-0.05, 0) is 62.6 Å². The van der Waals surface area contributed by atoms with Gasteiger partial charge in [-0.1, -0.05) is 36.4 Å². The Labute approximate surface area is 183 Å². The SMILES string of the molecule is Cc1cccc(Nc2cc(C)nc(C3CCCN(C(=O)C=Cc4ccccc4)C3)c2)n1. The van der Waals surface area contributed by atoms with E-state index < -0.39 is 0 Å². The largest absolute Gasteiger partial charge is 0.340 e. The van der Waals surface area contributed by atoms with Gasteiger partial charge >= 0.3 is 0 Å². The molecule has 3 heterocycles. The normalized spacial score (nSPS) is 16.5. The number of amides is 1. The third-order valence-corrected chi connectivity index (χ3v) is 5.50. The van der Waals surface area contributed by atoms with Gasteiger partial charge in [0.05, 0.1) is 0 Å². The van der Waals surface area contributed by atoms with Crippen LogP contribution in [0.4, 0.5) is 11.5 Å². The Balaban J connectivity index is 1.47. The molecule has 1 aromatic carbocycles. The predicted octanol–water partition coefficient (Wildman–Crippen LogP) is 5.26. The van der Waals surface area contributed by atoms with Gasteiger partial charge in [0.2, 0.25) is 5.91 Å². The third-order valence-electron chi connectivity index (χ3n) is 5.50. The molecule has 0 saturated carbocycles. The number of hydrogen-bond donors (Lipinski definition) is 1. The standard InChI is InChI=1S/C26H28N4O/c1-19-8-6-12-25(28-19)29-23-16-20(2)27-24(17-23)22-11-7-15-30(18-22)26(31)14-13-21-9-4-3-5-10-21/h3-6,8-10,12-14,16-17,22H,7,11,15,18H2,1-2H3,(H,27,28,29). The van der Waals surface area contributed by atoms with E-state index in [4.69, 9.17) is 4.98 Å². The van der Waals surface area contributed by atoms with Gasteiger partial charge < -0.3 is 10.2 Å². The average Bonchev–Trinajstić information content (AvgIpc) is 2.78. The Hall–Kier alpha value is -3.47. The van der Waals surface area contributed by atoms with Crippen molar-refractivity contribution in [2.45, 2.75) is 32.6 Å². The van der Waals surface area contributed by atoms with Crippen LogP contribution in [0.15, 0.2) is 66.7 Å². The highest BCUT2D eigenvalue weighted by atomic mass is 16.2. The van der Waals surface area contributed by atoms with Gasteiger partial charge in [-0.2, -0.15) is 0 Å². The Kier molecular flexibility index (Phi) is 6.41. The van der Waals surface area contributed by atoms with E-state index in [1.807, 2.05) is 79.4 Å². The number of carbonyl (C=O) groups excluding carboxylic acids is 1. The second-order valence-electron chi connectivity index (χ2n) is 8.08. The maximum Gasteiger partial charge on any atom is 0.246 e. The second kappa shape index (κ2) is 9.56. The molecular weight excluding hydrogens is 384 g/mol. The summed E-state index contributed by atoms with van der Waals surface area (Å²) in [6, 6.07) is 20.0.